The van der Waals surface area contributed by atoms with Crippen molar-refractivity contribution in [3.05, 3.63) is 24.0 Å². The molecule has 0 aromatic heterocycles. The summed E-state index contributed by atoms with van der Waals surface area (Å²) in [6.45, 7) is 0. The van der Waals surface area contributed by atoms with Crippen LogP contribution in [0.2, 0.25) is 0 Å². The van der Waals surface area contributed by atoms with E-state index in [1.807, 2.05) is 0 Å². The lowest BCUT2D eigenvalue weighted by Gasteiger charge is -2.18. The lowest BCUT2D eigenvalue weighted by Crippen LogP contribution is -2.33. The van der Waals surface area contributed by atoms with E-state index in [-0.39, 0.29) is 5.69 Å². The first-order chi connectivity index (χ1) is 6.83. The van der Waals surface area contributed by atoms with Gasteiger partial charge in [0.1, 0.15) is 5.82 Å². The molecule has 0 aliphatic rings. The van der Waals surface area contributed by atoms with Gasteiger partial charge >= 0.3 is 6.11 Å². The summed E-state index contributed by atoms with van der Waals surface area (Å²) in [6, 6.07) is 2.58. The molecule has 0 aliphatic carbocycles. The van der Waals surface area contributed by atoms with E-state index in [1.165, 1.54) is 0 Å². The fourth-order valence-electron chi connectivity index (χ4n) is 0.788. The van der Waals surface area contributed by atoms with Gasteiger partial charge in [-0.1, -0.05) is 11.6 Å². The molecule has 2 nitrogen and oxygen atoms in total. The fraction of sp³-hybridized carbons (Fsp3) is 0.250. The number of anilines is 1. The van der Waals surface area contributed by atoms with Crippen molar-refractivity contribution in [1.82, 2.24) is 0 Å². The summed E-state index contributed by atoms with van der Waals surface area (Å²) in [6.07, 6.45) is -4.26. The molecule has 1 aromatic carbocycles. The molecule has 0 saturated heterocycles. The molecule has 15 heavy (non-hydrogen) atoms. The maximum absolute atomic E-state index is 12.6. The smallest absolute Gasteiger partial charge is 0.427 e. The van der Waals surface area contributed by atoms with E-state index in [4.69, 9.17) is 5.73 Å². The molecular weight excluding hydrogens is 238 g/mol. The lowest BCUT2D eigenvalue weighted by molar-refractivity contribution is -0.198. The van der Waals surface area contributed by atoms with Crippen molar-refractivity contribution in [3.8, 4) is 5.75 Å². The average molecular weight is 244 g/mol. The van der Waals surface area contributed by atoms with Gasteiger partial charge in [0.15, 0.2) is 5.75 Å². The zero-order chi connectivity index (χ0) is 11.6. The van der Waals surface area contributed by atoms with Crippen LogP contribution in [0.1, 0.15) is 0 Å². The van der Waals surface area contributed by atoms with Gasteiger partial charge in [-0.3, -0.25) is 0 Å². The molecule has 1 rings (SSSR count). The van der Waals surface area contributed by atoms with Crippen molar-refractivity contribution in [2.24, 2.45) is 0 Å². The maximum atomic E-state index is 12.6. The van der Waals surface area contributed by atoms with E-state index in [0.29, 0.717) is 6.07 Å². The third kappa shape index (κ3) is 2.89. The molecule has 7 heteroatoms. The first-order valence-electron chi connectivity index (χ1n) is 3.73. The molecule has 2 N–H and O–H groups in total. The molecule has 1 aromatic rings. The molecular formula is C8H6ClF4NO. The SMILES string of the molecule is Nc1ccc(F)cc1OC(F)(F)C(F)Cl. The van der Waals surface area contributed by atoms with Gasteiger partial charge in [0, 0.05) is 6.07 Å². The van der Waals surface area contributed by atoms with Crippen LogP contribution in [0, 0.1) is 5.82 Å². The molecule has 0 radical (unpaired) electrons. The second-order valence-corrected chi connectivity index (χ2v) is 3.03. The quantitative estimate of drug-likeness (QED) is 0.503. The molecule has 84 valence electrons. The van der Waals surface area contributed by atoms with E-state index < -0.39 is 23.3 Å². The Morgan fingerprint density at radius 1 is 1.40 bits per heavy atom. The lowest BCUT2D eigenvalue weighted by atomic mass is 10.3. The third-order valence-corrected chi connectivity index (χ3v) is 1.73. The van der Waals surface area contributed by atoms with Gasteiger partial charge in [0.2, 0.25) is 0 Å². The van der Waals surface area contributed by atoms with Crippen molar-refractivity contribution < 1.29 is 22.3 Å². The Morgan fingerprint density at radius 2 is 2.00 bits per heavy atom. The van der Waals surface area contributed by atoms with Crippen molar-refractivity contribution >= 4 is 17.3 Å². The van der Waals surface area contributed by atoms with Gasteiger partial charge in [0.25, 0.3) is 5.63 Å². The number of ether oxygens (including phenoxy) is 1. The molecule has 0 saturated carbocycles. The highest BCUT2D eigenvalue weighted by atomic mass is 35.5. The van der Waals surface area contributed by atoms with Crippen LogP contribution >= 0.6 is 11.6 Å². The molecule has 1 atom stereocenters. The summed E-state index contributed by atoms with van der Waals surface area (Å²) in [4.78, 5) is 0. The first kappa shape index (κ1) is 11.9. The summed E-state index contributed by atoms with van der Waals surface area (Å²) < 4.78 is 53.9. The Kier molecular flexibility index (Phi) is 3.28. The van der Waals surface area contributed by atoms with E-state index >= 15 is 0 Å². The molecule has 0 fully saturated rings. The van der Waals surface area contributed by atoms with E-state index in [9.17, 15) is 17.6 Å². The number of hydrogen-bond acceptors (Lipinski definition) is 2. The average Bonchev–Trinajstić information content (AvgIpc) is 2.10. The molecule has 0 spiro atoms. The zero-order valence-electron chi connectivity index (χ0n) is 7.18. The normalized spacial score (nSPS) is 13.7. The van der Waals surface area contributed by atoms with Gasteiger partial charge in [-0.2, -0.15) is 8.78 Å². The monoisotopic (exact) mass is 243 g/mol. The highest BCUT2D eigenvalue weighted by molar-refractivity contribution is 6.20. The van der Waals surface area contributed by atoms with Crippen LogP contribution in [0.5, 0.6) is 5.75 Å². The Morgan fingerprint density at radius 3 is 2.53 bits per heavy atom. The highest BCUT2D eigenvalue weighted by Crippen LogP contribution is 2.32. The van der Waals surface area contributed by atoms with Crippen LogP contribution in [-0.2, 0) is 0 Å². The number of nitrogens with two attached hydrogens (primary N) is 1. The number of hydrogen-bond donors (Lipinski definition) is 1. The molecule has 0 bridgehead atoms. The summed E-state index contributed by atoms with van der Waals surface area (Å²) in [5.74, 6) is -1.50. The zero-order valence-corrected chi connectivity index (χ0v) is 7.94. The van der Waals surface area contributed by atoms with Gasteiger partial charge in [-0.05, 0) is 12.1 Å². The van der Waals surface area contributed by atoms with Crippen molar-refractivity contribution in [2.75, 3.05) is 5.73 Å². The fourth-order valence-corrected chi connectivity index (χ4v) is 0.832. The number of nitrogen functional groups attached to an aromatic ring is 1. The van der Waals surface area contributed by atoms with E-state index in [0.717, 1.165) is 12.1 Å². The molecule has 0 aliphatic heterocycles. The second-order valence-electron chi connectivity index (χ2n) is 2.65. The van der Waals surface area contributed by atoms with Gasteiger partial charge in [-0.25, -0.2) is 8.78 Å². The molecule has 1 unspecified atom stereocenters. The molecule has 0 heterocycles. The Balaban J connectivity index is 2.94. The summed E-state index contributed by atoms with van der Waals surface area (Å²) in [7, 11) is 0. The number of rotatable bonds is 3. The van der Waals surface area contributed by atoms with Crippen LogP contribution < -0.4 is 10.5 Å². The van der Waals surface area contributed by atoms with Gasteiger partial charge in [0.05, 0.1) is 5.69 Å². The predicted octanol–water partition coefficient (Wildman–Crippen LogP) is 2.91. The van der Waals surface area contributed by atoms with Gasteiger partial charge in [-0.15, -0.1) is 0 Å². The van der Waals surface area contributed by atoms with Crippen molar-refractivity contribution in [3.63, 3.8) is 0 Å². The van der Waals surface area contributed by atoms with E-state index in [1.54, 1.807) is 0 Å². The second kappa shape index (κ2) is 4.14. The summed E-state index contributed by atoms with van der Waals surface area (Å²) in [5.41, 5.74) is 1.92. The van der Waals surface area contributed by atoms with Crippen LogP contribution in [0.3, 0.4) is 0 Å². The minimum Gasteiger partial charge on any atom is -0.427 e. The standard InChI is InChI=1S/C8H6ClF4NO/c9-7(11)8(12,13)15-6-3-4(10)1-2-5(6)14/h1-3,7H,14H2. The Bertz CT molecular complexity index is 358. The van der Waals surface area contributed by atoms with Crippen molar-refractivity contribution in [2.45, 2.75) is 11.7 Å². The highest BCUT2D eigenvalue weighted by Gasteiger charge is 2.42. The largest absolute Gasteiger partial charge is 0.444 e. The number of benzene rings is 1. The number of alkyl halides is 4. The molecule has 0 amide bonds. The third-order valence-electron chi connectivity index (χ3n) is 1.48. The van der Waals surface area contributed by atoms with Crippen LogP contribution in [-0.4, -0.2) is 11.7 Å². The Hall–Kier alpha value is -1.17. The summed E-state index contributed by atoms with van der Waals surface area (Å²) in [5, 5.41) is 0. The van der Waals surface area contributed by atoms with Crippen LogP contribution in [0.15, 0.2) is 18.2 Å². The first-order valence-corrected chi connectivity index (χ1v) is 4.16. The number of halogens is 5. The van der Waals surface area contributed by atoms with Crippen molar-refractivity contribution in [1.29, 1.82) is 0 Å². The topological polar surface area (TPSA) is 35.2 Å². The minimum atomic E-state index is -4.26. The van der Waals surface area contributed by atoms with E-state index in [2.05, 4.69) is 16.3 Å². The maximum Gasteiger partial charge on any atom is 0.444 e. The van der Waals surface area contributed by atoms with Gasteiger partial charge < -0.3 is 10.5 Å². The minimum absolute atomic E-state index is 0.242. The predicted molar refractivity (Wildman–Crippen MR) is 47.1 cm³/mol. The summed E-state index contributed by atoms with van der Waals surface area (Å²) >= 11 is 4.54. The van der Waals surface area contributed by atoms with Crippen LogP contribution in [0.25, 0.3) is 0 Å². The Labute approximate surface area is 87.6 Å². The van der Waals surface area contributed by atoms with Crippen LogP contribution in [0.4, 0.5) is 23.2 Å².